The van der Waals surface area contributed by atoms with Gasteiger partial charge in [-0.1, -0.05) is 22.0 Å². The average molecular weight is 366 g/mol. The molecule has 5 nitrogen and oxygen atoms in total. The first kappa shape index (κ1) is 16.3. The van der Waals surface area contributed by atoms with Crippen molar-refractivity contribution in [2.24, 2.45) is 0 Å². The van der Waals surface area contributed by atoms with Gasteiger partial charge >= 0.3 is 5.97 Å². The van der Waals surface area contributed by atoms with Crippen LogP contribution in [0.1, 0.15) is 21.5 Å². The molecule has 0 amide bonds. The van der Waals surface area contributed by atoms with Crippen LogP contribution in [-0.4, -0.2) is 30.3 Å². The van der Waals surface area contributed by atoms with Crippen LogP contribution in [0.25, 0.3) is 0 Å². The lowest BCUT2D eigenvalue weighted by atomic mass is 10.0. The van der Waals surface area contributed by atoms with E-state index in [2.05, 4.69) is 25.7 Å². The number of benzene rings is 1. The molecule has 1 N–H and O–H groups in total. The van der Waals surface area contributed by atoms with Crippen LogP contribution in [0, 0.1) is 0 Å². The minimum atomic E-state index is -0.372. The molecule has 116 valence electrons. The summed E-state index contributed by atoms with van der Waals surface area (Å²) in [6, 6.07) is 7.03. The standard InChI is InChI=1S/C16H16BrNO4/c1-21-15-8-11(14(19)9-18-15)5-3-10-4-6-12(7-13(10)17)16(20)22-2/h4,6-9,19H,3,5H2,1-2H3. The Balaban J connectivity index is 2.13. The van der Waals surface area contributed by atoms with Crippen molar-refractivity contribution in [3.63, 3.8) is 0 Å². The summed E-state index contributed by atoms with van der Waals surface area (Å²) in [6.45, 7) is 0. The van der Waals surface area contributed by atoms with Crippen molar-refractivity contribution in [3.05, 3.63) is 51.6 Å². The SMILES string of the molecule is COC(=O)c1ccc(CCc2cc(OC)ncc2O)c(Br)c1. The highest BCUT2D eigenvalue weighted by molar-refractivity contribution is 9.10. The van der Waals surface area contributed by atoms with Gasteiger partial charge in [0.1, 0.15) is 5.75 Å². The Kier molecular flexibility index (Phi) is 5.38. The van der Waals surface area contributed by atoms with E-state index in [9.17, 15) is 9.90 Å². The maximum Gasteiger partial charge on any atom is 0.337 e. The second-order valence-electron chi connectivity index (χ2n) is 4.65. The molecule has 0 aliphatic carbocycles. The summed E-state index contributed by atoms with van der Waals surface area (Å²) in [6.07, 6.45) is 2.70. The fourth-order valence-corrected chi connectivity index (χ4v) is 2.62. The van der Waals surface area contributed by atoms with E-state index in [0.717, 1.165) is 15.6 Å². The molecule has 22 heavy (non-hydrogen) atoms. The number of rotatable bonds is 5. The minimum absolute atomic E-state index is 0.142. The number of halogens is 1. The summed E-state index contributed by atoms with van der Waals surface area (Å²) in [5.41, 5.74) is 2.28. The number of aromatic nitrogens is 1. The number of hydrogen-bond acceptors (Lipinski definition) is 5. The van der Waals surface area contributed by atoms with Crippen LogP contribution in [0.3, 0.4) is 0 Å². The Morgan fingerprint density at radius 1 is 1.23 bits per heavy atom. The number of hydrogen-bond donors (Lipinski definition) is 1. The van der Waals surface area contributed by atoms with Crippen molar-refractivity contribution in [1.29, 1.82) is 0 Å². The molecular formula is C16H16BrNO4. The number of esters is 1. The Labute approximate surface area is 137 Å². The minimum Gasteiger partial charge on any atom is -0.506 e. The van der Waals surface area contributed by atoms with Gasteiger partial charge in [0.15, 0.2) is 0 Å². The molecular weight excluding hydrogens is 350 g/mol. The van der Waals surface area contributed by atoms with Gasteiger partial charge in [0.05, 0.1) is 26.0 Å². The highest BCUT2D eigenvalue weighted by Crippen LogP contribution is 2.25. The number of carbonyl (C=O) groups excluding carboxylic acids is 1. The van der Waals surface area contributed by atoms with Crippen molar-refractivity contribution >= 4 is 21.9 Å². The summed E-state index contributed by atoms with van der Waals surface area (Å²) >= 11 is 3.46. The molecule has 0 fully saturated rings. The van der Waals surface area contributed by atoms with Gasteiger partial charge in [0.25, 0.3) is 0 Å². The molecule has 0 unspecified atom stereocenters. The van der Waals surface area contributed by atoms with E-state index in [4.69, 9.17) is 4.74 Å². The molecule has 1 aromatic carbocycles. The van der Waals surface area contributed by atoms with Gasteiger partial charge in [-0.2, -0.15) is 0 Å². The molecule has 1 heterocycles. The summed E-state index contributed by atoms with van der Waals surface area (Å²) < 4.78 is 10.6. The summed E-state index contributed by atoms with van der Waals surface area (Å²) in [7, 11) is 2.88. The van der Waals surface area contributed by atoms with Crippen LogP contribution >= 0.6 is 15.9 Å². The number of methoxy groups -OCH3 is 2. The Morgan fingerprint density at radius 2 is 1.95 bits per heavy atom. The molecule has 0 aliphatic heterocycles. The summed E-state index contributed by atoms with van der Waals surface area (Å²) in [5.74, 6) is 0.236. The maximum atomic E-state index is 11.5. The van der Waals surface area contributed by atoms with Crippen LogP contribution < -0.4 is 4.74 Å². The zero-order chi connectivity index (χ0) is 16.1. The largest absolute Gasteiger partial charge is 0.506 e. The van der Waals surface area contributed by atoms with E-state index in [-0.39, 0.29) is 11.7 Å². The summed E-state index contributed by atoms with van der Waals surface area (Å²) in [4.78, 5) is 15.4. The topological polar surface area (TPSA) is 68.7 Å². The molecule has 6 heteroatoms. The van der Waals surface area contributed by atoms with Gasteiger partial charge in [-0.25, -0.2) is 9.78 Å². The smallest absolute Gasteiger partial charge is 0.337 e. The van der Waals surface area contributed by atoms with Crippen molar-refractivity contribution < 1.29 is 19.4 Å². The lowest BCUT2D eigenvalue weighted by Gasteiger charge is -2.09. The molecule has 0 aliphatic rings. The number of nitrogens with zero attached hydrogens (tertiary/aromatic N) is 1. The molecule has 2 aromatic rings. The number of aromatic hydroxyl groups is 1. The van der Waals surface area contributed by atoms with Gasteiger partial charge in [-0.15, -0.1) is 0 Å². The van der Waals surface area contributed by atoms with Gasteiger partial charge in [0, 0.05) is 16.1 Å². The van der Waals surface area contributed by atoms with E-state index < -0.39 is 0 Å². The second-order valence-corrected chi connectivity index (χ2v) is 5.51. The van der Waals surface area contributed by atoms with Crippen molar-refractivity contribution in [2.75, 3.05) is 14.2 Å². The van der Waals surface area contributed by atoms with Gasteiger partial charge in [-0.3, -0.25) is 0 Å². The number of pyridine rings is 1. The van der Waals surface area contributed by atoms with Crippen molar-refractivity contribution in [3.8, 4) is 11.6 Å². The van der Waals surface area contributed by atoms with Crippen LogP contribution in [0.2, 0.25) is 0 Å². The number of carbonyl (C=O) groups is 1. The first-order valence-electron chi connectivity index (χ1n) is 6.63. The predicted molar refractivity (Wildman–Crippen MR) is 85.3 cm³/mol. The van der Waals surface area contributed by atoms with E-state index >= 15 is 0 Å². The third kappa shape index (κ3) is 3.76. The molecule has 1 aromatic heterocycles. The second kappa shape index (κ2) is 7.26. The third-order valence-electron chi connectivity index (χ3n) is 3.29. The zero-order valence-corrected chi connectivity index (χ0v) is 13.9. The number of ether oxygens (including phenoxy) is 2. The fourth-order valence-electron chi connectivity index (χ4n) is 2.04. The van der Waals surface area contributed by atoms with Gasteiger partial charge in [0.2, 0.25) is 5.88 Å². The molecule has 0 radical (unpaired) electrons. The maximum absolute atomic E-state index is 11.5. The Bertz CT molecular complexity index is 688. The summed E-state index contributed by atoms with van der Waals surface area (Å²) in [5, 5.41) is 9.84. The molecule has 0 saturated carbocycles. The highest BCUT2D eigenvalue weighted by atomic mass is 79.9. The molecule has 0 atom stereocenters. The van der Waals surface area contributed by atoms with Gasteiger partial charge < -0.3 is 14.6 Å². The third-order valence-corrected chi connectivity index (χ3v) is 4.03. The highest BCUT2D eigenvalue weighted by Gasteiger charge is 2.10. The predicted octanol–water partition coefficient (Wildman–Crippen LogP) is 3.13. The first-order chi connectivity index (χ1) is 10.5. The van der Waals surface area contributed by atoms with Crippen LogP contribution in [0.5, 0.6) is 11.6 Å². The lowest BCUT2D eigenvalue weighted by Crippen LogP contribution is -2.02. The van der Waals surface area contributed by atoms with Gasteiger partial charge in [-0.05, 0) is 30.5 Å². The van der Waals surface area contributed by atoms with Crippen LogP contribution in [0.15, 0.2) is 34.9 Å². The van der Waals surface area contributed by atoms with E-state index in [1.54, 1.807) is 18.2 Å². The first-order valence-corrected chi connectivity index (χ1v) is 7.43. The van der Waals surface area contributed by atoms with E-state index in [1.165, 1.54) is 20.4 Å². The van der Waals surface area contributed by atoms with Crippen molar-refractivity contribution in [2.45, 2.75) is 12.8 Å². The molecule has 2 rings (SSSR count). The Hall–Kier alpha value is -2.08. The molecule has 0 spiro atoms. The number of aryl methyl sites for hydroxylation is 2. The van der Waals surface area contributed by atoms with Crippen LogP contribution in [0.4, 0.5) is 0 Å². The lowest BCUT2D eigenvalue weighted by molar-refractivity contribution is 0.0600. The van der Waals surface area contributed by atoms with Crippen LogP contribution in [-0.2, 0) is 17.6 Å². The average Bonchev–Trinajstić information content (AvgIpc) is 2.54. The fraction of sp³-hybridized carbons (Fsp3) is 0.250. The molecule has 0 saturated heterocycles. The van der Waals surface area contributed by atoms with Crippen molar-refractivity contribution in [1.82, 2.24) is 4.98 Å². The monoisotopic (exact) mass is 365 g/mol. The molecule has 0 bridgehead atoms. The normalized spacial score (nSPS) is 10.3. The quantitative estimate of drug-likeness (QED) is 0.824. The Morgan fingerprint density at radius 3 is 2.59 bits per heavy atom. The van der Waals surface area contributed by atoms with E-state index in [0.29, 0.717) is 24.3 Å². The van der Waals surface area contributed by atoms with E-state index in [1.807, 2.05) is 6.07 Å². The zero-order valence-electron chi connectivity index (χ0n) is 12.3.